The third-order valence-electron chi connectivity index (χ3n) is 6.35. The molecule has 5 heteroatoms. The SMILES string of the molecule is C=C(/N=C(C1=CC/C=C\CCCC1(C)C)\C(C)=C/C(C)C)NCCCNC1=NCCC(C#N)C=C1. The summed E-state index contributed by atoms with van der Waals surface area (Å²) in [5.74, 6) is 1.98. The lowest BCUT2D eigenvalue weighted by atomic mass is 9.75. The lowest BCUT2D eigenvalue weighted by molar-refractivity contribution is 0.409. The molecule has 0 saturated carbocycles. The van der Waals surface area contributed by atoms with Crippen molar-refractivity contribution in [3.05, 3.63) is 60.0 Å². The zero-order chi connectivity index (χ0) is 25.7. The smallest absolute Gasteiger partial charge is 0.120 e. The summed E-state index contributed by atoms with van der Waals surface area (Å²) in [5.41, 5.74) is 3.64. The number of hydrogen-bond donors (Lipinski definition) is 2. The molecule has 1 aliphatic heterocycles. The van der Waals surface area contributed by atoms with E-state index < -0.39 is 0 Å². The van der Waals surface area contributed by atoms with Crippen molar-refractivity contribution in [2.75, 3.05) is 19.6 Å². The molecule has 0 bridgehead atoms. The van der Waals surface area contributed by atoms with Gasteiger partial charge in [0.25, 0.3) is 0 Å². The van der Waals surface area contributed by atoms with Crippen molar-refractivity contribution < 1.29 is 0 Å². The molecule has 0 radical (unpaired) electrons. The van der Waals surface area contributed by atoms with Crippen molar-refractivity contribution in [3.63, 3.8) is 0 Å². The minimum atomic E-state index is -0.0402. The first-order valence-corrected chi connectivity index (χ1v) is 13.2. The highest BCUT2D eigenvalue weighted by Crippen LogP contribution is 2.36. The van der Waals surface area contributed by atoms with Crippen molar-refractivity contribution in [2.45, 2.75) is 73.1 Å². The van der Waals surface area contributed by atoms with E-state index in [0.29, 0.717) is 18.3 Å². The van der Waals surface area contributed by atoms with Gasteiger partial charge in [-0.1, -0.05) is 64.7 Å². The first-order valence-electron chi connectivity index (χ1n) is 13.2. The van der Waals surface area contributed by atoms with E-state index >= 15 is 0 Å². The van der Waals surface area contributed by atoms with Gasteiger partial charge in [-0.25, -0.2) is 4.99 Å². The van der Waals surface area contributed by atoms with E-state index in [-0.39, 0.29) is 11.3 Å². The monoisotopic (exact) mass is 475 g/mol. The quantitative estimate of drug-likeness (QED) is 0.223. The van der Waals surface area contributed by atoms with Crippen LogP contribution >= 0.6 is 0 Å². The lowest BCUT2D eigenvalue weighted by Gasteiger charge is -2.30. The number of allylic oxidation sites excluding steroid dienone is 7. The predicted octanol–water partition coefficient (Wildman–Crippen LogP) is 6.65. The largest absolute Gasteiger partial charge is 0.370 e. The molecular weight excluding hydrogens is 430 g/mol. The molecule has 2 aliphatic rings. The Morgan fingerprint density at radius 1 is 1.34 bits per heavy atom. The summed E-state index contributed by atoms with van der Waals surface area (Å²) in [5, 5.41) is 15.8. The van der Waals surface area contributed by atoms with E-state index in [4.69, 9.17) is 10.3 Å². The summed E-state index contributed by atoms with van der Waals surface area (Å²) in [4.78, 5) is 9.55. The second-order valence-electron chi connectivity index (χ2n) is 10.5. The van der Waals surface area contributed by atoms with Crippen LogP contribution in [0.5, 0.6) is 0 Å². The molecule has 190 valence electrons. The Morgan fingerprint density at radius 2 is 2.14 bits per heavy atom. The van der Waals surface area contributed by atoms with Gasteiger partial charge in [0.2, 0.25) is 0 Å². The molecule has 0 amide bonds. The van der Waals surface area contributed by atoms with Gasteiger partial charge in [-0.15, -0.1) is 0 Å². The fourth-order valence-corrected chi connectivity index (χ4v) is 4.44. The number of amidine groups is 1. The third-order valence-corrected chi connectivity index (χ3v) is 6.35. The Balaban J connectivity index is 2.04. The average Bonchev–Trinajstić information content (AvgIpc) is 2.99. The highest BCUT2D eigenvalue weighted by molar-refractivity contribution is 6.13. The molecule has 5 nitrogen and oxygen atoms in total. The molecule has 1 atom stereocenters. The number of nitriles is 1. The Hall–Kier alpha value is -2.87. The van der Waals surface area contributed by atoms with Crippen LogP contribution in [-0.2, 0) is 0 Å². The van der Waals surface area contributed by atoms with Crippen molar-refractivity contribution >= 4 is 11.5 Å². The van der Waals surface area contributed by atoms with Gasteiger partial charge in [-0.05, 0) is 74.0 Å². The van der Waals surface area contributed by atoms with E-state index in [0.717, 1.165) is 56.7 Å². The summed E-state index contributed by atoms with van der Waals surface area (Å²) in [6, 6.07) is 2.29. The summed E-state index contributed by atoms with van der Waals surface area (Å²) in [6.45, 7) is 17.8. The zero-order valence-corrected chi connectivity index (χ0v) is 22.5. The second-order valence-corrected chi connectivity index (χ2v) is 10.5. The number of rotatable bonds is 9. The van der Waals surface area contributed by atoms with Crippen molar-refractivity contribution in [1.29, 1.82) is 5.26 Å². The van der Waals surface area contributed by atoms with Gasteiger partial charge in [0.15, 0.2) is 0 Å². The summed E-state index contributed by atoms with van der Waals surface area (Å²) >= 11 is 0. The highest BCUT2D eigenvalue weighted by atomic mass is 15.0. The molecule has 0 spiro atoms. The zero-order valence-electron chi connectivity index (χ0n) is 22.5. The molecule has 1 aliphatic carbocycles. The van der Waals surface area contributed by atoms with Gasteiger partial charge in [0.1, 0.15) is 11.7 Å². The van der Waals surface area contributed by atoms with E-state index in [9.17, 15) is 0 Å². The lowest BCUT2D eigenvalue weighted by Crippen LogP contribution is -2.26. The highest BCUT2D eigenvalue weighted by Gasteiger charge is 2.27. The Bertz CT molecular complexity index is 934. The summed E-state index contributed by atoms with van der Waals surface area (Å²) in [6.07, 6.45) is 19.2. The fraction of sp³-hybridized carbons (Fsp3) is 0.567. The maximum Gasteiger partial charge on any atom is 0.120 e. The van der Waals surface area contributed by atoms with E-state index in [1.54, 1.807) is 0 Å². The topological polar surface area (TPSA) is 72.6 Å². The molecule has 1 unspecified atom stereocenters. The predicted molar refractivity (Wildman–Crippen MR) is 150 cm³/mol. The van der Waals surface area contributed by atoms with Crippen molar-refractivity contribution in [3.8, 4) is 6.07 Å². The van der Waals surface area contributed by atoms with Crippen LogP contribution in [0.15, 0.2) is 70.0 Å². The van der Waals surface area contributed by atoms with Gasteiger partial charge in [0, 0.05) is 19.6 Å². The standard InChI is InChI=1S/C30H45N5/c1-23(2)21-24(3)29(27-13-10-8-7-9-11-17-30(27,5)6)35-25(4)32-18-12-19-33-28-15-14-26(22-31)16-20-34-28/h7-8,13-15,21,23,26,32H,4,9-12,16-20H2,1-3,5-6H3,(H,33,34)/b8-7-,24-21-,27-13?,35-29+. The first-order chi connectivity index (χ1) is 16.7. The molecule has 35 heavy (non-hydrogen) atoms. The minimum absolute atomic E-state index is 0.0402. The third kappa shape index (κ3) is 10.1. The molecule has 2 N–H and O–H groups in total. The van der Waals surface area contributed by atoms with Crippen LogP contribution in [0, 0.1) is 28.6 Å². The van der Waals surface area contributed by atoms with Gasteiger partial charge in [-0.3, -0.25) is 4.99 Å². The summed E-state index contributed by atoms with van der Waals surface area (Å²) < 4.78 is 0. The number of nitrogens with zero attached hydrogens (tertiary/aromatic N) is 3. The maximum atomic E-state index is 9.08. The van der Waals surface area contributed by atoms with Crippen LogP contribution < -0.4 is 10.6 Å². The number of aliphatic imine (C=N–C) groups is 2. The first kappa shape index (κ1) is 28.4. The van der Waals surface area contributed by atoms with E-state index in [1.165, 1.54) is 17.6 Å². The molecule has 0 aromatic carbocycles. The molecule has 2 rings (SSSR count). The Morgan fingerprint density at radius 3 is 2.89 bits per heavy atom. The fourth-order valence-electron chi connectivity index (χ4n) is 4.44. The van der Waals surface area contributed by atoms with Gasteiger partial charge >= 0.3 is 0 Å². The molecule has 0 fully saturated rings. The van der Waals surface area contributed by atoms with E-state index in [2.05, 4.69) is 87.2 Å². The normalized spacial score (nSPS) is 22.0. The van der Waals surface area contributed by atoms with Crippen LogP contribution in [0.4, 0.5) is 0 Å². The van der Waals surface area contributed by atoms with Crippen molar-refractivity contribution in [1.82, 2.24) is 10.6 Å². The van der Waals surface area contributed by atoms with Crippen molar-refractivity contribution in [2.24, 2.45) is 27.2 Å². The van der Waals surface area contributed by atoms with Crippen LogP contribution in [0.25, 0.3) is 0 Å². The Kier molecular flexibility index (Phi) is 11.8. The van der Waals surface area contributed by atoms with Crippen LogP contribution in [0.1, 0.15) is 73.1 Å². The minimum Gasteiger partial charge on any atom is -0.370 e. The number of hydrogen-bond acceptors (Lipinski definition) is 5. The molecule has 0 saturated heterocycles. The van der Waals surface area contributed by atoms with Gasteiger partial charge in [0.05, 0.1) is 17.7 Å². The van der Waals surface area contributed by atoms with Crippen LogP contribution in [0.3, 0.4) is 0 Å². The summed E-state index contributed by atoms with van der Waals surface area (Å²) in [7, 11) is 0. The van der Waals surface area contributed by atoms with Crippen LogP contribution in [0.2, 0.25) is 0 Å². The average molecular weight is 476 g/mol. The molecule has 0 aromatic heterocycles. The number of nitrogens with one attached hydrogen (secondary N) is 2. The van der Waals surface area contributed by atoms with Crippen LogP contribution in [-0.4, -0.2) is 31.2 Å². The molecule has 1 heterocycles. The molecule has 0 aromatic rings. The Labute approximate surface area is 213 Å². The maximum absolute atomic E-state index is 9.08. The second kappa shape index (κ2) is 14.5. The van der Waals surface area contributed by atoms with Gasteiger partial charge in [-0.2, -0.15) is 5.26 Å². The molecular formula is C30H45N5. The van der Waals surface area contributed by atoms with E-state index in [1.807, 2.05) is 12.2 Å². The van der Waals surface area contributed by atoms with Gasteiger partial charge < -0.3 is 10.6 Å².